The highest BCUT2D eigenvalue weighted by atomic mass is 35.5. The van der Waals surface area contributed by atoms with Gasteiger partial charge in [-0.3, -0.25) is 9.58 Å². The van der Waals surface area contributed by atoms with Crippen molar-refractivity contribution in [1.29, 1.82) is 0 Å². The lowest BCUT2D eigenvalue weighted by Gasteiger charge is -2.33. The first-order valence-corrected chi connectivity index (χ1v) is 9.08. The number of aliphatic hydroxyl groups is 1. The molecule has 5 heteroatoms. The van der Waals surface area contributed by atoms with Crippen molar-refractivity contribution in [3.05, 3.63) is 51.8 Å². The summed E-state index contributed by atoms with van der Waals surface area (Å²) in [4.78, 5) is 2.53. The molecule has 1 aromatic carbocycles. The first-order chi connectivity index (χ1) is 11.6. The zero-order valence-corrected chi connectivity index (χ0v) is 15.3. The van der Waals surface area contributed by atoms with Crippen molar-refractivity contribution in [3.8, 4) is 0 Å². The van der Waals surface area contributed by atoms with E-state index >= 15 is 0 Å². The molecule has 3 rings (SSSR count). The molecule has 1 aromatic heterocycles. The number of aliphatic hydroxyl groups excluding tert-OH is 1. The number of aryl methyl sites for hydroxylation is 1. The van der Waals surface area contributed by atoms with Crippen LogP contribution < -0.4 is 0 Å². The molecule has 0 spiro atoms. The Hall–Kier alpha value is -1.36. The van der Waals surface area contributed by atoms with Gasteiger partial charge in [0.15, 0.2) is 0 Å². The molecule has 1 saturated heterocycles. The molecule has 24 heavy (non-hydrogen) atoms. The van der Waals surface area contributed by atoms with Crippen LogP contribution >= 0.6 is 11.6 Å². The third kappa shape index (κ3) is 3.82. The number of benzene rings is 1. The van der Waals surface area contributed by atoms with Crippen molar-refractivity contribution in [2.24, 2.45) is 0 Å². The summed E-state index contributed by atoms with van der Waals surface area (Å²) >= 11 is 6.01. The highest BCUT2D eigenvalue weighted by Gasteiger charge is 2.23. The molecule has 0 aliphatic carbocycles. The standard InChI is InChI=1S/C19H26ClN3O/c1-14-19(15(2)23(21-14)10-11-24)13-22-9-3-4-17(12-22)16-5-7-18(20)8-6-16/h5-8,17,24H,3-4,9-13H2,1-2H3/t17-/m1/s1. The molecule has 0 radical (unpaired) electrons. The monoisotopic (exact) mass is 347 g/mol. The smallest absolute Gasteiger partial charge is 0.0644 e. The van der Waals surface area contributed by atoms with Crippen LogP contribution in [0.1, 0.15) is 41.3 Å². The minimum Gasteiger partial charge on any atom is -0.394 e. The summed E-state index contributed by atoms with van der Waals surface area (Å²) in [6, 6.07) is 8.30. The van der Waals surface area contributed by atoms with Crippen LogP contribution in [-0.4, -0.2) is 39.5 Å². The predicted octanol–water partition coefficient (Wildman–Crippen LogP) is 3.53. The van der Waals surface area contributed by atoms with Crippen LogP contribution in [0.25, 0.3) is 0 Å². The van der Waals surface area contributed by atoms with Crippen molar-refractivity contribution in [2.75, 3.05) is 19.7 Å². The van der Waals surface area contributed by atoms with E-state index in [9.17, 15) is 0 Å². The van der Waals surface area contributed by atoms with Gasteiger partial charge in [0, 0.05) is 29.4 Å². The maximum absolute atomic E-state index is 9.17. The van der Waals surface area contributed by atoms with Gasteiger partial charge in [-0.25, -0.2) is 0 Å². The van der Waals surface area contributed by atoms with E-state index in [1.807, 2.05) is 16.8 Å². The van der Waals surface area contributed by atoms with Gasteiger partial charge in [-0.05, 0) is 56.8 Å². The Morgan fingerprint density at radius 1 is 1.25 bits per heavy atom. The first kappa shape index (κ1) is 17.5. The summed E-state index contributed by atoms with van der Waals surface area (Å²) in [7, 11) is 0. The molecule has 2 heterocycles. The zero-order valence-electron chi connectivity index (χ0n) is 14.5. The topological polar surface area (TPSA) is 41.3 Å². The molecular formula is C19H26ClN3O. The molecule has 0 bridgehead atoms. The molecule has 0 saturated carbocycles. The Labute approximate surface area is 149 Å². The number of hydrogen-bond acceptors (Lipinski definition) is 3. The summed E-state index contributed by atoms with van der Waals surface area (Å²) < 4.78 is 1.92. The molecule has 1 atom stereocenters. The minimum atomic E-state index is 0.129. The molecule has 4 nitrogen and oxygen atoms in total. The van der Waals surface area contributed by atoms with E-state index in [1.165, 1.54) is 29.7 Å². The number of likely N-dealkylation sites (tertiary alicyclic amines) is 1. The molecule has 130 valence electrons. The van der Waals surface area contributed by atoms with Gasteiger partial charge >= 0.3 is 0 Å². The fourth-order valence-electron chi connectivity index (χ4n) is 3.71. The summed E-state index contributed by atoms with van der Waals surface area (Å²) in [5.41, 5.74) is 4.94. The number of nitrogens with zero attached hydrogens (tertiary/aromatic N) is 3. The molecule has 1 aliphatic heterocycles. The fourth-order valence-corrected chi connectivity index (χ4v) is 3.83. The average Bonchev–Trinajstić information content (AvgIpc) is 2.84. The van der Waals surface area contributed by atoms with Gasteiger partial charge in [0.1, 0.15) is 0 Å². The fraction of sp³-hybridized carbons (Fsp3) is 0.526. The number of piperidine rings is 1. The van der Waals surface area contributed by atoms with Gasteiger partial charge in [0.05, 0.1) is 18.8 Å². The average molecular weight is 348 g/mol. The van der Waals surface area contributed by atoms with Gasteiger partial charge in [-0.1, -0.05) is 23.7 Å². The minimum absolute atomic E-state index is 0.129. The lowest BCUT2D eigenvalue weighted by atomic mass is 9.90. The number of hydrogen-bond donors (Lipinski definition) is 1. The van der Waals surface area contributed by atoms with Gasteiger partial charge in [0.25, 0.3) is 0 Å². The maximum atomic E-state index is 9.17. The molecule has 0 unspecified atom stereocenters. The maximum Gasteiger partial charge on any atom is 0.0644 e. The molecule has 2 aromatic rings. The third-order valence-electron chi connectivity index (χ3n) is 5.07. The van der Waals surface area contributed by atoms with Crippen LogP contribution in [0, 0.1) is 13.8 Å². The van der Waals surface area contributed by atoms with Crippen LogP contribution in [0.5, 0.6) is 0 Å². The molecule has 1 aliphatic rings. The predicted molar refractivity (Wildman–Crippen MR) is 97.5 cm³/mol. The third-order valence-corrected chi connectivity index (χ3v) is 5.32. The summed E-state index contributed by atoms with van der Waals surface area (Å²) in [6.45, 7) is 8.01. The van der Waals surface area contributed by atoms with Crippen molar-refractivity contribution >= 4 is 11.6 Å². The quantitative estimate of drug-likeness (QED) is 0.899. The Morgan fingerprint density at radius 3 is 2.71 bits per heavy atom. The highest BCUT2D eigenvalue weighted by Crippen LogP contribution is 2.29. The number of aromatic nitrogens is 2. The first-order valence-electron chi connectivity index (χ1n) is 8.70. The number of halogens is 1. The van der Waals surface area contributed by atoms with E-state index in [0.717, 1.165) is 30.4 Å². The second kappa shape index (κ2) is 7.68. The van der Waals surface area contributed by atoms with Crippen molar-refractivity contribution < 1.29 is 5.11 Å². The largest absolute Gasteiger partial charge is 0.394 e. The normalized spacial score (nSPS) is 18.9. The Bertz CT molecular complexity index is 681. The highest BCUT2D eigenvalue weighted by molar-refractivity contribution is 6.30. The lowest BCUT2D eigenvalue weighted by molar-refractivity contribution is 0.199. The van der Waals surface area contributed by atoms with E-state index in [1.54, 1.807) is 0 Å². The van der Waals surface area contributed by atoms with Crippen molar-refractivity contribution in [2.45, 2.75) is 45.7 Å². The van der Waals surface area contributed by atoms with Gasteiger partial charge in [-0.2, -0.15) is 5.10 Å². The molecule has 0 amide bonds. The van der Waals surface area contributed by atoms with Crippen LogP contribution in [0.15, 0.2) is 24.3 Å². The van der Waals surface area contributed by atoms with E-state index < -0.39 is 0 Å². The molecule has 1 N–H and O–H groups in total. The van der Waals surface area contributed by atoms with E-state index in [0.29, 0.717) is 12.5 Å². The van der Waals surface area contributed by atoms with Crippen LogP contribution in [-0.2, 0) is 13.1 Å². The lowest BCUT2D eigenvalue weighted by Crippen LogP contribution is -2.34. The SMILES string of the molecule is Cc1nn(CCO)c(C)c1CN1CCC[C@@H](c2ccc(Cl)cc2)C1. The second-order valence-corrected chi connectivity index (χ2v) is 7.16. The van der Waals surface area contributed by atoms with Gasteiger partial charge < -0.3 is 5.11 Å². The van der Waals surface area contributed by atoms with E-state index in [-0.39, 0.29) is 6.61 Å². The van der Waals surface area contributed by atoms with E-state index in [4.69, 9.17) is 16.7 Å². The summed E-state index contributed by atoms with van der Waals surface area (Å²) in [6.07, 6.45) is 2.45. The number of rotatable bonds is 5. The Morgan fingerprint density at radius 2 is 2.00 bits per heavy atom. The molecular weight excluding hydrogens is 322 g/mol. The second-order valence-electron chi connectivity index (χ2n) is 6.72. The van der Waals surface area contributed by atoms with Crippen molar-refractivity contribution in [1.82, 2.24) is 14.7 Å². The zero-order chi connectivity index (χ0) is 17.1. The summed E-state index contributed by atoms with van der Waals surface area (Å²) in [5.74, 6) is 0.573. The Balaban J connectivity index is 1.70. The van der Waals surface area contributed by atoms with Crippen LogP contribution in [0.2, 0.25) is 5.02 Å². The Kier molecular flexibility index (Phi) is 5.59. The van der Waals surface area contributed by atoms with Crippen LogP contribution in [0.3, 0.4) is 0 Å². The van der Waals surface area contributed by atoms with Gasteiger partial charge in [0.2, 0.25) is 0 Å². The van der Waals surface area contributed by atoms with Gasteiger partial charge in [-0.15, -0.1) is 0 Å². The summed E-state index contributed by atoms with van der Waals surface area (Å²) in [5, 5.41) is 14.5. The van der Waals surface area contributed by atoms with Crippen LogP contribution in [0.4, 0.5) is 0 Å². The van der Waals surface area contributed by atoms with Crippen molar-refractivity contribution in [3.63, 3.8) is 0 Å². The van der Waals surface area contributed by atoms with E-state index in [2.05, 4.69) is 36.0 Å². The molecule has 1 fully saturated rings.